The Morgan fingerprint density at radius 3 is 2.25 bits per heavy atom. The van der Waals surface area contributed by atoms with E-state index >= 15 is 0 Å². The van der Waals surface area contributed by atoms with Gasteiger partial charge >= 0.3 is 5.97 Å². The van der Waals surface area contributed by atoms with E-state index < -0.39 is 12.3 Å². The molecule has 0 bridgehead atoms. The SMILES string of the molecule is O=C(O)CCCCCCC(=O)NCc1ccccc1-c1ccc([C@H]2O[C@@H](CSCCO)C[C@@H](c3ccc(CO)cc3)O2)cc1. The molecule has 1 saturated heterocycles. The molecule has 4 rings (SSSR count). The van der Waals surface area contributed by atoms with E-state index in [1.165, 1.54) is 0 Å². The van der Waals surface area contributed by atoms with Crippen molar-refractivity contribution in [3.05, 3.63) is 95.1 Å². The number of carbonyl (C=O) groups excluding carboxylic acids is 1. The van der Waals surface area contributed by atoms with Gasteiger partial charge in [-0.2, -0.15) is 11.8 Å². The Morgan fingerprint density at radius 1 is 0.841 bits per heavy atom. The van der Waals surface area contributed by atoms with Gasteiger partial charge in [-0.1, -0.05) is 85.6 Å². The monoisotopic (exact) mass is 621 g/mol. The molecule has 0 spiro atoms. The molecule has 9 heteroatoms. The second-order valence-corrected chi connectivity index (χ2v) is 12.2. The average Bonchev–Trinajstić information content (AvgIpc) is 3.05. The van der Waals surface area contributed by atoms with E-state index in [0.717, 1.165) is 58.4 Å². The Hall–Kier alpha value is -3.21. The van der Waals surface area contributed by atoms with Crippen LogP contribution in [0.1, 0.15) is 79.6 Å². The van der Waals surface area contributed by atoms with Gasteiger partial charge < -0.3 is 30.1 Å². The molecular formula is C35H43NO7S. The van der Waals surface area contributed by atoms with Crippen molar-refractivity contribution in [3.63, 3.8) is 0 Å². The molecule has 8 nitrogen and oxygen atoms in total. The fourth-order valence-corrected chi connectivity index (χ4v) is 6.05. The molecule has 0 aliphatic carbocycles. The zero-order valence-corrected chi connectivity index (χ0v) is 25.8. The molecule has 1 fully saturated rings. The number of carboxylic acids is 1. The molecule has 0 unspecified atom stereocenters. The van der Waals surface area contributed by atoms with Gasteiger partial charge in [0.25, 0.3) is 0 Å². The Labute approximate surface area is 263 Å². The van der Waals surface area contributed by atoms with E-state index in [1.54, 1.807) is 11.8 Å². The van der Waals surface area contributed by atoms with Crippen LogP contribution in [0.2, 0.25) is 0 Å². The lowest BCUT2D eigenvalue weighted by Gasteiger charge is -2.36. The standard InChI is InChI=1S/C35H43NO7S/c37-19-20-44-24-30-21-32(27-13-11-25(23-38)12-14-27)43-35(42-30)28-17-15-26(16-18-28)31-8-6-5-7-29(31)22-36-33(39)9-3-1-2-4-10-34(40)41/h5-8,11-18,30,32,35,37-38H,1-4,9-10,19-24H2,(H,36,39)(H,40,41)/t30-,32+,35+/m1/s1. The number of aliphatic carboxylic acids is 1. The summed E-state index contributed by atoms with van der Waals surface area (Å²) in [4.78, 5) is 23.1. The van der Waals surface area contributed by atoms with E-state index in [9.17, 15) is 19.8 Å². The van der Waals surface area contributed by atoms with Crippen molar-refractivity contribution in [3.8, 4) is 11.1 Å². The molecule has 44 heavy (non-hydrogen) atoms. The molecule has 4 N–H and O–H groups in total. The Morgan fingerprint density at radius 2 is 1.55 bits per heavy atom. The molecule has 236 valence electrons. The zero-order chi connectivity index (χ0) is 31.1. The van der Waals surface area contributed by atoms with E-state index in [1.807, 2.05) is 60.7 Å². The molecule has 0 radical (unpaired) electrons. The van der Waals surface area contributed by atoms with Gasteiger partial charge in [0.2, 0.25) is 5.91 Å². The summed E-state index contributed by atoms with van der Waals surface area (Å²) < 4.78 is 12.8. The lowest BCUT2D eigenvalue weighted by atomic mass is 9.97. The molecule has 3 aromatic rings. The summed E-state index contributed by atoms with van der Waals surface area (Å²) >= 11 is 1.66. The summed E-state index contributed by atoms with van der Waals surface area (Å²) in [6.45, 7) is 0.554. The van der Waals surface area contributed by atoms with Crippen LogP contribution < -0.4 is 5.32 Å². The average molecular weight is 622 g/mol. The van der Waals surface area contributed by atoms with Crippen LogP contribution >= 0.6 is 11.8 Å². The van der Waals surface area contributed by atoms with Crippen molar-refractivity contribution in [2.45, 2.75) is 76.6 Å². The topological polar surface area (TPSA) is 125 Å². The predicted molar refractivity (Wildman–Crippen MR) is 172 cm³/mol. The third-order valence-electron chi connectivity index (χ3n) is 7.69. The second kappa shape index (κ2) is 17.9. The fraction of sp³-hybridized carbons (Fsp3) is 0.429. The van der Waals surface area contributed by atoms with Crippen molar-refractivity contribution >= 4 is 23.6 Å². The number of unbranched alkanes of at least 4 members (excludes halogenated alkanes) is 3. The zero-order valence-electron chi connectivity index (χ0n) is 25.0. The first-order valence-electron chi connectivity index (χ1n) is 15.3. The number of aliphatic hydroxyl groups excluding tert-OH is 2. The van der Waals surface area contributed by atoms with Gasteiger partial charge in [0.1, 0.15) is 0 Å². The summed E-state index contributed by atoms with van der Waals surface area (Å²) in [6.07, 6.45) is 3.62. The first-order chi connectivity index (χ1) is 21.5. The largest absolute Gasteiger partial charge is 0.481 e. The van der Waals surface area contributed by atoms with Crippen LogP contribution in [0.25, 0.3) is 11.1 Å². The Bertz CT molecular complexity index is 1320. The van der Waals surface area contributed by atoms with E-state index in [4.69, 9.17) is 14.6 Å². The molecule has 1 aliphatic heterocycles. The maximum absolute atomic E-state index is 12.4. The highest BCUT2D eigenvalue weighted by Gasteiger charge is 2.32. The molecule has 1 amide bonds. The van der Waals surface area contributed by atoms with Crippen molar-refractivity contribution in [1.29, 1.82) is 0 Å². The molecule has 0 saturated carbocycles. The minimum atomic E-state index is -0.778. The fourth-order valence-electron chi connectivity index (χ4n) is 5.28. The van der Waals surface area contributed by atoms with Gasteiger partial charge in [0.05, 0.1) is 25.4 Å². The summed E-state index contributed by atoms with van der Waals surface area (Å²) in [5.41, 5.74) is 5.90. The summed E-state index contributed by atoms with van der Waals surface area (Å²) in [7, 11) is 0. The minimum Gasteiger partial charge on any atom is -0.481 e. The number of ether oxygens (including phenoxy) is 2. The quantitative estimate of drug-likeness (QED) is 0.132. The maximum atomic E-state index is 12.4. The van der Waals surface area contributed by atoms with Crippen LogP contribution in [0.15, 0.2) is 72.8 Å². The van der Waals surface area contributed by atoms with E-state index in [0.29, 0.717) is 31.6 Å². The van der Waals surface area contributed by atoms with E-state index in [2.05, 4.69) is 17.4 Å². The normalized spacial score (nSPS) is 18.2. The van der Waals surface area contributed by atoms with Crippen molar-refractivity contribution in [2.75, 3.05) is 18.1 Å². The summed E-state index contributed by atoms with van der Waals surface area (Å²) in [6, 6.07) is 24.0. The first-order valence-corrected chi connectivity index (χ1v) is 16.5. The van der Waals surface area contributed by atoms with Gasteiger partial charge in [-0.25, -0.2) is 0 Å². The van der Waals surface area contributed by atoms with E-state index in [-0.39, 0.29) is 37.7 Å². The smallest absolute Gasteiger partial charge is 0.303 e. The molecule has 0 aromatic heterocycles. The number of rotatable bonds is 17. The highest BCUT2D eigenvalue weighted by molar-refractivity contribution is 7.99. The van der Waals surface area contributed by atoms with Gasteiger partial charge in [0.15, 0.2) is 6.29 Å². The third-order valence-corrected chi connectivity index (χ3v) is 8.76. The van der Waals surface area contributed by atoms with Crippen molar-refractivity contribution < 1.29 is 34.4 Å². The molecular weight excluding hydrogens is 578 g/mol. The number of thioether (sulfide) groups is 1. The molecule has 1 aliphatic rings. The Kier molecular flexibility index (Phi) is 13.7. The highest BCUT2D eigenvalue weighted by Crippen LogP contribution is 2.39. The van der Waals surface area contributed by atoms with Crippen LogP contribution in [0.3, 0.4) is 0 Å². The van der Waals surface area contributed by atoms with Crippen molar-refractivity contribution in [2.24, 2.45) is 0 Å². The highest BCUT2D eigenvalue weighted by atomic mass is 32.2. The van der Waals surface area contributed by atoms with Crippen LogP contribution in [0, 0.1) is 0 Å². The number of nitrogens with one attached hydrogen (secondary N) is 1. The van der Waals surface area contributed by atoms with Gasteiger partial charge in [-0.05, 0) is 40.7 Å². The van der Waals surface area contributed by atoms with Crippen LogP contribution in [0.4, 0.5) is 0 Å². The molecule has 1 heterocycles. The number of carboxylic acid groups (broad SMARTS) is 1. The lowest BCUT2D eigenvalue weighted by molar-refractivity contribution is -0.245. The minimum absolute atomic E-state index is 0.00259. The number of carbonyl (C=O) groups is 2. The number of amides is 1. The van der Waals surface area contributed by atoms with Gasteiger partial charge in [-0.3, -0.25) is 9.59 Å². The van der Waals surface area contributed by atoms with Crippen LogP contribution in [-0.4, -0.2) is 51.4 Å². The maximum Gasteiger partial charge on any atom is 0.303 e. The van der Waals surface area contributed by atoms with Crippen LogP contribution in [-0.2, 0) is 32.2 Å². The lowest BCUT2D eigenvalue weighted by Crippen LogP contribution is -2.31. The number of aliphatic hydroxyl groups is 2. The number of benzene rings is 3. The second-order valence-electron chi connectivity index (χ2n) is 11.0. The third kappa shape index (κ3) is 10.5. The van der Waals surface area contributed by atoms with Gasteiger partial charge in [0, 0.05) is 42.9 Å². The summed E-state index contributed by atoms with van der Waals surface area (Å²) in [5.74, 6) is 0.630. The van der Waals surface area contributed by atoms with Crippen molar-refractivity contribution in [1.82, 2.24) is 5.32 Å². The number of hydrogen-bond acceptors (Lipinski definition) is 7. The van der Waals surface area contributed by atoms with Gasteiger partial charge in [-0.15, -0.1) is 0 Å². The first kappa shape index (κ1) is 33.7. The molecule has 3 aromatic carbocycles. The van der Waals surface area contributed by atoms with Crippen LogP contribution in [0.5, 0.6) is 0 Å². The number of hydrogen-bond donors (Lipinski definition) is 4. The predicted octanol–water partition coefficient (Wildman–Crippen LogP) is 6.16. The summed E-state index contributed by atoms with van der Waals surface area (Å²) in [5, 5.41) is 30.4. The molecule has 3 atom stereocenters. The Balaban J connectivity index is 1.38.